The quantitative estimate of drug-likeness (QED) is 0.929. The van der Waals surface area contributed by atoms with Crippen molar-refractivity contribution in [3.8, 4) is 0 Å². The van der Waals surface area contributed by atoms with Crippen LogP contribution < -0.4 is 0 Å². The summed E-state index contributed by atoms with van der Waals surface area (Å²) in [5.41, 5.74) is 3.95. The highest BCUT2D eigenvalue weighted by Gasteiger charge is 2.23. The minimum atomic E-state index is 0.501. The van der Waals surface area contributed by atoms with Gasteiger partial charge in [-0.2, -0.15) is 0 Å². The van der Waals surface area contributed by atoms with Gasteiger partial charge in [0.2, 0.25) is 0 Å². The van der Waals surface area contributed by atoms with Gasteiger partial charge in [0.05, 0.1) is 12.3 Å². The third-order valence-electron chi connectivity index (χ3n) is 4.56. The molecule has 3 rings (SSSR count). The fraction of sp³-hybridized carbons (Fsp3) is 0.722. The molecule has 2 aliphatic rings. The summed E-state index contributed by atoms with van der Waals surface area (Å²) in [5.74, 6) is 1.06. The SMILES string of the molecule is CC(C)c1ccc([C@H]2CCOC2)c(CN2CCCC2)n1.CO. The Morgan fingerprint density at radius 1 is 1.27 bits per heavy atom. The highest BCUT2D eigenvalue weighted by atomic mass is 16.5. The van der Waals surface area contributed by atoms with Crippen LogP contribution in [-0.2, 0) is 11.3 Å². The smallest absolute Gasteiger partial charge is 0.0583 e. The first-order chi connectivity index (χ1) is 10.7. The van der Waals surface area contributed by atoms with Crippen molar-refractivity contribution in [3.05, 3.63) is 29.1 Å². The van der Waals surface area contributed by atoms with Crippen LogP contribution in [0, 0.1) is 0 Å². The van der Waals surface area contributed by atoms with Gasteiger partial charge in [-0.1, -0.05) is 19.9 Å². The minimum Gasteiger partial charge on any atom is -0.400 e. The van der Waals surface area contributed by atoms with E-state index in [-0.39, 0.29) is 0 Å². The van der Waals surface area contributed by atoms with E-state index in [1.807, 2.05) is 0 Å². The summed E-state index contributed by atoms with van der Waals surface area (Å²) in [5, 5.41) is 7.00. The second-order valence-corrected chi connectivity index (χ2v) is 6.47. The van der Waals surface area contributed by atoms with Gasteiger partial charge >= 0.3 is 0 Å². The molecule has 2 saturated heterocycles. The molecule has 1 aromatic heterocycles. The fourth-order valence-corrected chi connectivity index (χ4v) is 3.28. The number of ether oxygens (including phenoxy) is 1. The maximum atomic E-state index is 7.00. The van der Waals surface area contributed by atoms with E-state index in [0.717, 1.165) is 33.3 Å². The van der Waals surface area contributed by atoms with Crippen LogP contribution in [0.3, 0.4) is 0 Å². The fourth-order valence-electron chi connectivity index (χ4n) is 3.28. The predicted octanol–water partition coefficient (Wildman–Crippen LogP) is 2.91. The summed E-state index contributed by atoms with van der Waals surface area (Å²) < 4.78 is 5.57. The van der Waals surface area contributed by atoms with Crippen molar-refractivity contribution >= 4 is 0 Å². The van der Waals surface area contributed by atoms with Gasteiger partial charge in [0.25, 0.3) is 0 Å². The highest BCUT2D eigenvalue weighted by Crippen LogP contribution is 2.29. The normalized spacial score (nSPS) is 22.0. The number of hydrogen-bond acceptors (Lipinski definition) is 4. The lowest BCUT2D eigenvalue weighted by Gasteiger charge is -2.20. The molecule has 3 heterocycles. The van der Waals surface area contributed by atoms with Crippen molar-refractivity contribution in [3.63, 3.8) is 0 Å². The van der Waals surface area contributed by atoms with Crippen LogP contribution in [0.1, 0.15) is 61.9 Å². The van der Waals surface area contributed by atoms with Crippen molar-refractivity contribution < 1.29 is 9.84 Å². The Labute approximate surface area is 134 Å². The Bertz CT molecular complexity index is 450. The summed E-state index contributed by atoms with van der Waals surface area (Å²) >= 11 is 0. The van der Waals surface area contributed by atoms with Crippen LogP contribution in [0.5, 0.6) is 0 Å². The summed E-state index contributed by atoms with van der Waals surface area (Å²) in [4.78, 5) is 7.53. The molecule has 124 valence electrons. The first-order valence-corrected chi connectivity index (χ1v) is 8.48. The molecule has 2 fully saturated rings. The molecule has 0 amide bonds. The van der Waals surface area contributed by atoms with Crippen molar-refractivity contribution in [1.29, 1.82) is 0 Å². The van der Waals surface area contributed by atoms with E-state index >= 15 is 0 Å². The highest BCUT2D eigenvalue weighted by molar-refractivity contribution is 5.28. The van der Waals surface area contributed by atoms with Crippen LogP contribution in [-0.4, -0.2) is 48.4 Å². The third kappa shape index (κ3) is 4.28. The number of hydrogen-bond donors (Lipinski definition) is 1. The van der Waals surface area contributed by atoms with E-state index < -0.39 is 0 Å². The van der Waals surface area contributed by atoms with Gasteiger partial charge in [-0.3, -0.25) is 9.88 Å². The number of nitrogens with zero attached hydrogens (tertiary/aromatic N) is 2. The Morgan fingerprint density at radius 3 is 2.59 bits per heavy atom. The van der Waals surface area contributed by atoms with E-state index in [9.17, 15) is 0 Å². The summed E-state index contributed by atoms with van der Waals surface area (Å²) in [7, 11) is 1.00. The average molecular weight is 306 g/mol. The average Bonchev–Trinajstić information content (AvgIpc) is 3.22. The van der Waals surface area contributed by atoms with Gasteiger partial charge in [0.1, 0.15) is 0 Å². The van der Waals surface area contributed by atoms with E-state index in [4.69, 9.17) is 14.8 Å². The summed E-state index contributed by atoms with van der Waals surface area (Å²) in [6.07, 6.45) is 3.83. The van der Waals surface area contributed by atoms with Crippen LogP contribution in [0.4, 0.5) is 0 Å². The molecule has 0 aliphatic carbocycles. The molecule has 4 heteroatoms. The first kappa shape index (κ1) is 17.4. The summed E-state index contributed by atoms with van der Waals surface area (Å²) in [6.45, 7) is 9.70. The zero-order chi connectivity index (χ0) is 15.9. The topological polar surface area (TPSA) is 45.6 Å². The van der Waals surface area contributed by atoms with Crippen LogP contribution >= 0.6 is 0 Å². The second kappa shape index (κ2) is 8.61. The lowest BCUT2D eigenvalue weighted by atomic mass is 9.95. The molecule has 0 bridgehead atoms. The molecule has 2 aliphatic heterocycles. The number of rotatable bonds is 4. The third-order valence-corrected chi connectivity index (χ3v) is 4.56. The minimum absolute atomic E-state index is 0.501. The molecular formula is C18H30N2O2. The molecular weight excluding hydrogens is 276 g/mol. The number of aliphatic hydroxyl groups is 1. The number of pyridine rings is 1. The van der Waals surface area contributed by atoms with Gasteiger partial charge in [-0.05, 0) is 49.9 Å². The Balaban J connectivity index is 0.000000847. The van der Waals surface area contributed by atoms with Crippen LogP contribution in [0.25, 0.3) is 0 Å². The van der Waals surface area contributed by atoms with E-state index in [1.54, 1.807) is 0 Å². The van der Waals surface area contributed by atoms with E-state index in [1.165, 1.54) is 42.9 Å². The molecule has 0 radical (unpaired) electrons. The summed E-state index contributed by atoms with van der Waals surface area (Å²) in [6, 6.07) is 4.53. The zero-order valence-electron chi connectivity index (χ0n) is 14.2. The Hall–Kier alpha value is -0.970. The molecule has 22 heavy (non-hydrogen) atoms. The van der Waals surface area contributed by atoms with Gasteiger partial charge in [0, 0.05) is 31.9 Å². The lowest BCUT2D eigenvalue weighted by Crippen LogP contribution is -2.21. The monoisotopic (exact) mass is 306 g/mol. The molecule has 1 N–H and O–H groups in total. The van der Waals surface area contributed by atoms with Gasteiger partial charge < -0.3 is 9.84 Å². The number of aliphatic hydroxyl groups excluding tert-OH is 1. The van der Waals surface area contributed by atoms with Crippen LogP contribution in [0.2, 0.25) is 0 Å². The van der Waals surface area contributed by atoms with Crippen LogP contribution in [0.15, 0.2) is 12.1 Å². The Kier molecular flexibility index (Phi) is 6.80. The first-order valence-electron chi connectivity index (χ1n) is 8.48. The predicted molar refractivity (Wildman–Crippen MR) is 89.2 cm³/mol. The standard InChI is InChI=1S/C17H26N2O.CH4O/c1-13(2)16-6-5-15(14-7-10-20-12-14)17(18-16)11-19-8-3-4-9-19;1-2/h5-6,13-14H,3-4,7-12H2,1-2H3;2H,1H3/t14-;/m0./s1. The largest absolute Gasteiger partial charge is 0.400 e. The molecule has 4 nitrogen and oxygen atoms in total. The van der Waals surface area contributed by atoms with E-state index in [0.29, 0.717) is 11.8 Å². The van der Waals surface area contributed by atoms with Crippen molar-refractivity contribution in [2.45, 2.75) is 51.5 Å². The molecule has 0 aromatic carbocycles. The Morgan fingerprint density at radius 2 is 2.00 bits per heavy atom. The maximum Gasteiger partial charge on any atom is 0.0583 e. The molecule has 1 atom stereocenters. The second-order valence-electron chi connectivity index (χ2n) is 6.47. The zero-order valence-corrected chi connectivity index (χ0v) is 14.2. The maximum absolute atomic E-state index is 7.00. The lowest BCUT2D eigenvalue weighted by molar-refractivity contribution is 0.193. The van der Waals surface area contributed by atoms with Crippen molar-refractivity contribution in [2.24, 2.45) is 0 Å². The van der Waals surface area contributed by atoms with Crippen molar-refractivity contribution in [1.82, 2.24) is 9.88 Å². The van der Waals surface area contributed by atoms with Gasteiger partial charge in [0.15, 0.2) is 0 Å². The van der Waals surface area contributed by atoms with Crippen molar-refractivity contribution in [2.75, 3.05) is 33.4 Å². The molecule has 1 aromatic rings. The van der Waals surface area contributed by atoms with Gasteiger partial charge in [-0.25, -0.2) is 0 Å². The van der Waals surface area contributed by atoms with Gasteiger partial charge in [-0.15, -0.1) is 0 Å². The van der Waals surface area contributed by atoms with E-state index in [2.05, 4.69) is 30.9 Å². The number of aromatic nitrogens is 1. The molecule has 0 saturated carbocycles. The molecule has 0 unspecified atom stereocenters. The number of likely N-dealkylation sites (tertiary alicyclic amines) is 1. The molecule has 0 spiro atoms.